The fraction of sp³-hybridized carbons (Fsp3) is 0. The third-order valence-electron chi connectivity index (χ3n) is 11.2. The van der Waals surface area contributed by atoms with Crippen molar-refractivity contribution >= 4 is 60.8 Å². The van der Waals surface area contributed by atoms with Gasteiger partial charge in [-0.05, 0) is 88.5 Å². The molecule has 2 aromatic heterocycles. The SMILES string of the molecule is c1ccc(-c2ccc(N(c3ccc(-c4cccc(-n5c6ccccc6c6ccccc65)c4-c4ccccc4)cc3)c3ccc4c(c3)oc3ccccc34)cc2)cc1. The van der Waals surface area contributed by atoms with Crippen molar-refractivity contribution in [3.8, 4) is 39.1 Å². The van der Waals surface area contributed by atoms with E-state index < -0.39 is 0 Å². The minimum Gasteiger partial charge on any atom is -0.456 e. The Labute approximate surface area is 330 Å². The van der Waals surface area contributed by atoms with Gasteiger partial charge in [-0.3, -0.25) is 0 Å². The Balaban J connectivity index is 1.06. The molecule has 11 aromatic rings. The summed E-state index contributed by atoms with van der Waals surface area (Å²) in [5, 5.41) is 4.74. The van der Waals surface area contributed by atoms with Crippen LogP contribution < -0.4 is 4.90 Å². The van der Waals surface area contributed by atoms with Crippen molar-refractivity contribution in [1.82, 2.24) is 4.57 Å². The molecular formula is C54H36N2O. The van der Waals surface area contributed by atoms with Crippen LogP contribution in [0.15, 0.2) is 223 Å². The van der Waals surface area contributed by atoms with Crippen LogP contribution >= 0.6 is 0 Å². The number of nitrogens with zero attached hydrogens (tertiary/aromatic N) is 2. The van der Waals surface area contributed by atoms with Crippen molar-refractivity contribution in [3.63, 3.8) is 0 Å². The first-order valence-corrected chi connectivity index (χ1v) is 19.4. The van der Waals surface area contributed by atoms with E-state index in [0.29, 0.717) is 0 Å². The number of hydrogen-bond donors (Lipinski definition) is 0. The fourth-order valence-electron chi connectivity index (χ4n) is 8.58. The van der Waals surface area contributed by atoms with E-state index in [2.05, 4.69) is 216 Å². The molecule has 0 aliphatic carbocycles. The predicted octanol–water partition coefficient (Wildman–Crippen LogP) is 15.2. The second kappa shape index (κ2) is 13.6. The summed E-state index contributed by atoms with van der Waals surface area (Å²) in [5.41, 5.74) is 15.5. The highest BCUT2D eigenvalue weighted by Crippen LogP contribution is 2.43. The predicted molar refractivity (Wildman–Crippen MR) is 239 cm³/mol. The highest BCUT2D eigenvalue weighted by molar-refractivity contribution is 6.10. The maximum Gasteiger partial charge on any atom is 0.137 e. The van der Waals surface area contributed by atoms with Crippen LogP contribution in [0.25, 0.3) is 82.8 Å². The Bertz CT molecular complexity index is 3160. The van der Waals surface area contributed by atoms with E-state index in [1.54, 1.807) is 0 Å². The van der Waals surface area contributed by atoms with Crippen molar-refractivity contribution in [3.05, 3.63) is 218 Å². The second-order valence-electron chi connectivity index (χ2n) is 14.5. The molecule has 0 unspecified atom stereocenters. The monoisotopic (exact) mass is 728 g/mol. The Morgan fingerprint density at radius 3 is 1.51 bits per heavy atom. The molecule has 0 radical (unpaired) electrons. The van der Waals surface area contributed by atoms with Gasteiger partial charge in [-0.25, -0.2) is 0 Å². The Morgan fingerprint density at radius 2 is 0.842 bits per heavy atom. The van der Waals surface area contributed by atoms with E-state index >= 15 is 0 Å². The topological polar surface area (TPSA) is 21.3 Å². The zero-order valence-electron chi connectivity index (χ0n) is 31.1. The lowest BCUT2D eigenvalue weighted by Crippen LogP contribution is -2.09. The van der Waals surface area contributed by atoms with Gasteiger partial charge in [0.2, 0.25) is 0 Å². The van der Waals surface area contributed by atoms with E-state index in [-0.39, 0.29) is 0 Å². The molecule has 268 valence electrons. The molecule has 0 bridgehead atoms. The molecule has 0 amide bonds. The number of aromatic nitrogens is 1. The number of rotatable bonds is 7. The molecular weight excluding hydrogens is 693 g/mol. The Kier molecular flexibility index (Phi) is 7.82. The second-order valence-corrected chi connectivity index (χ2v) is 14.5. The van der Waals surface area contributed by atoms with Crippen LogP contribution in [0, 0.1) is 0 Å². The van der Waals surface area contributed by atoms with E-state index in [4.69, 9.17) is 4.42 Å². The molecule has 3 nitrogen and oxygen atoms in total. The van der Waals surface area contributed by atoms with Crippen LogP contribution in [0.3, 0.4) is 0 Å². The maximum atomic E-state index is 6.39. The lowest BCUT2D eigenvalue weighted by atomic mass is 9.92. The van der Waals surface area contributed by atoms with E-state index in [9.17, 15) is 0 Å². The molecule has 0 fully saturated rings. The van der Waals surface area contributed by atoms with E-state index in [0.717, 1.165) is 50.3 Å². The largest absolute Gasteiger partial charge is 0.456 e. The van der Waals surface area contributed by atoms with Gasteiger partial charge < -0.3 is 13.9 Å². The van der Waals surface area contributed by atoms with Gasteiger partial charge in [0.25, 0.3) is 0 Å². The summed E-state index contributed by atoms with van der Waals surface area (Å²) < 4.78 is 8.82. The van der Waals surface area contributed by atoms with Crippen molar-refractivity contribution in [1.29, 1.82) is 0 Å². The average Bonchev–Trinajstić information content (AvgIpc) is 3.83. The first-order chi connectivity index (χ1) is 28.3. The van der Waals surface area contributed by atoms with Crippen LogP contribution in [0.1, 0.15) is 0 Å². The molecule has 3 heteroatoms. The maximum absolute atomic E-state index is 6.39. The van der Waals surface area contributed by atoms with Crippen LogP contribution in [0.5, 0.6) is 0 Å². The molecule has 57 heavy (non-hydrogen) atoms. The summed E-state index contributed by atoms with van der Waals surface area (Å²) in [7, 11) is 0. The zero-order valence-corrected chi connectivity index (χ0v) is 31.1. The number of benzene rings is 9. The average molecular weight is 729 g/mol. The van der Waals surface area contributed by atoms with E-state index in [1.807, 2.05) is 12.1 Å². The fourth-order valence-corrected chi connectivity index (χ4v) is 8.58. The summed E-state index contributed by atoms with van der Waals surface area (Å²) >= 11 is 0. The van der Waals surface area contributed by atoms with Gasteiger partial charge in [-0.15, -0.1) is 0 Å². The number of fused-ring (bicyclic) bond motifs is 6. The first-order valence-electron chi connectivity index (χ1n) is 19.4. The minimum atomic E-state index is 0.866. The van der Waals surface area contributed by atoms with Crippen LogP contribution in [-0.4, -0.2) is 4.57 Å². The molecule has 0 saturated carbocycles. The number of para-hydroxylation sites is 3. The molecule has 0 spiro atoms. The molecule has 0 aliphatic heterocycles. The summed E-state index contributed by atoms with van der Waals surface area (Å²) in [5.74, 6) is 0. The van der Waals surface area contributed by atoms with Crippen molar-refractivity contribution in [2.24, 2.45) is 0 Å². The number of anilines is 3. The molecule has 0 aliphatic rings. The van der Waals surface area contributed by atoms with Crippen molar-refractivity contribution < 1.29 is 4.42 Å². The smallest absolute Gasteiger partial charge is 0.137 e. The molecule has 11 rings (SSSR count). The van der Waals surface area contributed by atoms with Gasteiger partial charge in [0.15, 0.2) is 0 Å². The van der Waals surface area contributed by atoms with Crippen molar-refractivity contribution in [2.45, 2.75) is 0 Å². The molecule has 0 saturated heterocycles. The normalized spacial score (nSPS) is 11.5. The van der Waals surface area contributed by atoms with Gasteiger partial charge in [-0.2, -0.15) is 0 Å². The summed E-state index contributed by atoms with van der Waals surface area (Å²) in [6, 6.07) is 78.1. The van der Waals surface area contributed by atoms with Gasteiger partial charge in [0, 0.05) is 50.2 Å². The highest BCUT2D eigenvalue weighted by Gasteiger charge is 2.20. The number of hydrogen-bond acceptors (Lipinski definition) is 2. The molecule has 2 heterocycles. The highest BCUT2D eigenvalue weighted by atomic mass is 16.3. The van der Waals surface area contributed by atoms with E-state index in [1.165, 1.54) is 49.6 Å². The summed E-state index contributed by atoms with van der Waals surface area (Å²) in [4.78, 5) is 2.32. The third-order valence-corrected chi connectivity index (χ3v) is 11.2. The Morgan fingerprint density at radius 1 is 0.333 bits per heavy atom. The van der Waals surface area contributed by atoms with Gasteiger partial charge in [-0.1, -0.05) is 152 Å². The van der Waals surface area contributed by atoms with Crippen LogP contribution in [0.2, 0.25) is 0 Å². The molecule has 0 N–H and O–H groups in total. The van der Waals surface area contributed by atoms with Crippen LogP contribution in [0.4, 0.5) is 17.1 Å². The standard InChI is InChI=1S/C54H36N2O/c1-3-14-37(15-4-1)38-26-30-41(31-27-38)55(43-34-35-48-47-20-9-12-25-52(47)57-53(48)36-43)42-32-28-39(29-33-42)44-21-13-24-51(54(44)40-16-5-2-6-17-40)56-49-22-10-7-18-45(49)46-19-8-11-23-50(46)56/h1-36H. The summed E-state index contributed by atoms with van der Waals surface area (Å²) in [6.45, 7) is 0. The Hall–Kier alpha value is -7.62. The molecule has 0 atom stereocenters. The third kappa shape index (κ3) is 5.60. The van der Waals surface area contributed by atoms with Crippen LogP contribution in [-0.2, 0) is 0 Å². The first kappa shape index (κ1) is 32.8. The van der Waals surface area contributed by atoms with Gasteiger partial charge in [0.1, 0.15) is 11.2 Å². The quantitative estimate of drug-likeness (QED) is 0.163. The lowest BCUT2D eigenvalue weighted by molar-refractivity contribution is 0.669. The minimum absolute atomic E-state index is 0.866. The lowest BCUT2D eigenvalue weighted by Gasteiger charge is -2.26. The van der Waals surface area contributed by atoms with Crippen molar-refractivity contribution in [2.75, 3.05) is 4.90 Å². The molecule has 9 aromatic carbocycles. The summed E-state index contributed by atoms with van der Waals surface area (Å²) in [6.07, 6.45) is 0. The van der Waals surface area contributed by atoms with Gasteiger partial charge >= 0.3 is 0 Å². The number of furan rings is 1. The van der Waals surface area contributed by atoms with Gasteiger partial charge in [0.05, 0.1) is 16.7 Å². The zero-order chi connectivity index (χ0) is 37.7.